The molecule has 0 aromatic heterocycles. The predicted octanol–water partition coefficient (Wildman–Crippen LogP) is 2.97. The van der Waals surface area contributed by atoms with Gasteiger partial charge < -0.3 is 44.4 Å². The molecule has 6 rings (SSSR count). The summed E-state index contributed by atoms with van der Waals surface area (Å²) in [6.45, 7) is 6.70. The van der Waals surface area contributed by atoms with Gasteiger partial charge in [0, 0.05) is 47.0 Å². The summed E-state index contributed by atoms with van der Waals surface area (Å²) in [7, 11) is 7.54. The molecule has 6 bridgehead atoms. The summed E-state index contributed by atoms with van der Waals surface area (Å²) in [5.74, 6) is -1.36. The molecule has 0 spiro atoms. The molecular weight excluding hydrogens is 757 g/mol. The Hall–Kier alpha value is -6.12. The van der Waals surface area contributed by atoms with Gasteiger partial charge in [-0.15, -0.1) is 0 Å². The van der Waals surface area contributed by atoms with Crippen LogP contribution >= 0.6 is 0 Å². The Bertz CT molecular complexity index is 2020. The summed E-state index contributed by atoms with van der Waals surface area (Å²) < 4.78 is 17.1. The van der Waals surface area contributed by atoms with Crippen molar-refractivity contribution in [3.05, 3.63) is 83.4 Å². The number of ether oxygens (including phenoxy) is 3. The molecule has 0 aliphatic carbocycles. The monoisotopic (exact) mass is 812 g/mol. The molecule has 1 saturated heterocycles. The second-order valence-electron chi connectivity index (χ2n) is 15.3. The molecule has 1 fully saturated rings. The molecule has 59 heavy (non-hydrogen) atoms. The normalized spacial score (nSPS) is 23.9. The Kier molecular flexibility index (Phi) is 14.2. The minimum Gasteiger partial charge on any atom is -0.497 e. The van der Waals surface area contributed by atoms with Crippen molar-refractivity contribution in [3.63, 3.8) is 0 Å². The molecule has 3 heterocycles. The summed E-state index contributed by atoms with van der Waals surface area (Å²) in [5, 5.41) is 5.64. The third kappa shape index (κ3) is 9.95. The maximum atomic E-state index is 14.8. The van der Waals surface area contributed by atoms with Gasteiger partial charge in [-0.2, -0.15) is 0 Å². The van der Waals surface area contributed by atoms with E-state index in [-0.39, 0.29) is 25.8 Å². The molecule has 316 valence electrons. The zero-order valence-electron chi connectivity index (χ0n) is 35.3. The minimum atomic E-state index is -1.16. The largest absolute Gasteiger partial charge is 0.497 e. The van der Waals surface area contributed by atoms with E-state index in [1.54, 1.807) is 80.8 Å². The Balaban J connectivity index is 1.62. The van der Waals surface area contributed by atoms with Crippen molar-refractivity contribution in [2.45, 2.75) is 89.6 Å². The van der Waals surface area contributed by atoms with Crippen molar-refractivity contribution in [1.29, 1.82) is 0 Å². The van der Waals surface area contributed by atoms with Crippen LogP contribution in [0.4, 0.5) is 0 Å². The van der Waals surface area contributed by atoms with E-state index in [0.29, 0.717) is 40.5 Å². The number of amides is 6. The van der Waals surface area contributed by atoms with Gasteiger partial charge in [-0.25, -0.2) is 0 Å². The van der Waals surface area contributed by atoms with E-state index in [2.05, 4.69) is 10.6 Å². The third-order valence-corrected chi connectivity index (χ3v) is 11.2. The lowest BCUT2D eigenvalue weighted by Gasteiger charge is -2.38. The first-order valence-electron chi connectivity index (χ1n) is 19.9. The van der Waals surface area contributed by atoms with Crippen LogP contribution in [0.3, 0.4) is 0 Å². The van der Waals surface area contributed by atoms with Crippen molar-refractivity contribution >= 4 is 35.4 Å². The van der Waals surface area contributed by atoms with Crippen molar-refractivity contribution in [1.82, 2.24) is 30.2 Å². The number of hydrogen-bond donors (Lipinski definition) is 2. The third-order valence-electron chi connectivity index (χ3n) is 11.2. The number of hydrogen-bond acceptors (Lipinski definition) is 9. The van der Waals surface area contributed by atoms with Crippen LogP contribution in [0.5, 0.6) is 23.0 Å². The van der Waals surface area contributed by atoms with Gasteiger partial charge in [-0.1, -0.05) is 37.3 Å². The van der Waals surface area contributed by atoms with Crippen LogP contribution in [0.25, 0.3) is 0 Å². The molecule has 3 aliphatic heterocycles. The average molecular weight is 813 g/mol. The fourth-order valence-corrected chi connectivity index (χ4v) is 7.54. The summed E-state index contributed by atoms with van der Waals surface area (Å²) in [6, 6.07) is 12.7. The highest BCUT2D eigenvalue weighted by molar-refractivity contribution is 5.98. The highest BCUT2D eigenvalue weighted by atomic mass is 16.5. The summed E-state index contributed by atoms with van der Waals surface area (Å²) in [6.07, 6.45) is 0.657. The first-order valence-corrected chi connectivity index (χ1v) is 19.9. The first kappa shape index (κ1) is 44.0. The molecule has 15 nitrogen and oxygen atoms in total. The molecule has 6 atom stereocenters. The summed E-state index contributed by atoms with van der Waals surface area (Å²) >= 11 is 0. The Morgan fingerprint density at radius 1 is 0.661 bits per heavy atom. The highest BCUT2D eigenvalue weighted by Gasteiger charge is 2.40. The maximum Gasteiger partial charge on any atom is 0.246 e. The number of nitrogens with one attached hydrogen (secondary N) is 2. The quantitative estimate of drug-likeness (QED) is 0.381. The van der Waals surface area contributed by atoms with Crippen LogP contribution in [0.2, 0.25) is 0 Å². The summed E-state index contributed by atoms with van der Waals surface area (Å²) in [4.78, 5) is 91.7. The average Bonchev–Trinajstić information content (AvgIpc) is 3.23. The van der Waals surface area contributed by atoms with Crippen LogP contribution in [-0.2, 0) is 48.0 Å². The Labute approximate surface area is 345 Å². The number of nitrogens with zero attached hydrogens (tertiary/aromatic N) is 4. The molecular formula is C44H56N6O9. The fourth-order valence-electron chi connectivity index (χ4n) is 7.54. The molecule has 3 aliphatic rings. The smallest absolute Gasteiger partial charge is 0.246 e. The topological polar surface area (TPSA) is 167 Å². The van der Waals surface area contributed by atoms with Gasteiger partial charge >= 0.3 is 0 Å². The van der Waals surface area contributed by atoms with Gasteiger partial charge in [0.25, 0.3) is 0 Å². The van der Waals surface area contributed by atoms with Crippen molar-refractivity contribution in [3.8, 4) is 23.0 Å². The van der Waals surface area contributed by atoms with Crippen molar-refractivity contribution in [2.75, 3.05) is 41.9 Å². The first-order chi connectivity index (χ1) is 28.1. The lowest BCUT2D eigenvalue weighted by molar-refractivity contribution is -0.151. The van der Waals surface area contributed by atoms with Crippen molar-refractivity contribution < 1.29 is 43.0 Å². The lowest BCUT2D eigenvalue weighted by Crippen LogP contribution is -2.62. The Morgan fingerprint density at radius 3 is 1.88 bits per heavy atom. The van der Waals surface area contributed by atoms with E-state index < -0.39 is 71.7 Å². The van der Waals surface area contributed by atoms with Gasteiger partial charge in [-0.05, 0) is 80.3 Å². The van der Waals surface area contributed by atoms with Gasteiger partial charge in [0.15, 0.2) is 11.5 Å². The maximum absolute atomic E-state index is 14.8. The summed E-state index contributed by atoms with van der Waals surface area (Å²) in [5.41, 5.74) is 2.05. The van der Waals surface area contributed by atoms with E-state index >= 15 is 0 Å². The van der Waals surface area contributed by atoms with E-state index in [0.717, 1.165) is 5.56 Å². The SMILES string of the molecule is CCCN1C(=O)[C@@H](C)NC(=O)[C@@H]2Cc3ccc(OC)c(c3)Oc3ccc(cc3)C[C@@H](C(=O)N2C)N(C)C(=O)[C@H](C)NC(=O)[C@H](Cc2ccc(OC)cc2)N(C)C(=O)[C@@H]1C. The molecule has 0 saturated carbocycles. The van der Waals surface area contributed by atoms with E-state index in [1.807, 2.05) is 6.92 Å². The number of methoxy groups -OCH3 is 2. The molecule has 6 amide bonds. The molecule has 3 aromatic rings. The minimum absolute atomic E-state index is 0.0116. The van der Waals surface area contributed by atoms with Crippen LogP contribution < -0.4 is 24.8 Å². The van der Waals surface area contributed by atoms with Crippen LogP contribution in [0, 0.1) is 0 Å². The van der Waals surface area contributed by atoms with Gasteiger partial charge in [0.1, 0.15) is 47.8 Å². The Morgan fingerprint density at radius 2 is 1.25 bits per heavy atom. The zero-order valence-corrected chi connectivity index (χ0v) is 35.3. The van der Waals surface area contributed by atoms with Crippen LogP contribution in [0.15, 0.2) is 66.7 Å². The number of carbonyl (C=O) groups excluding carboxylic acids is 6. The van der Waals surface area contributed by atoms with E-state index in [9.17, 15) is 28.8 Å². The number of carbonyl (C=O) groups is 6. The number of fused-ring (bicyclic) bond motifs is 2. The second-order valence-corrected chi connectivity index (χ2v) is 15.3. The van der Waals surface area contributed by atoms with E-state index in [1.165, 1.54) is 61.7 Å². The lowest BCUT2D eigenvalue weighted by atomic mass is 9.98. The van der Waals surface area contributed by atoms with Gasteiger partial charge in [-0.3, -0.25) is 28.8 Å². The molecule has 2 N–H and O–H groups in total. The fraction of sp³-hybridized carbons (Fsp3) is 0.455. The highest BCUT2D eigenvalue weighted by Crippen LogP contribution is 2.34. The molecule has 3 aromatic carbocycles. The molecule has 15 heteroatoms. The van der Waals surface area contributed by atoms with Crippen LogP contribution in [-0.4, -0.2) is 133 Å². The zero-order chi connectivity index (χ0) is 43.1. The van der Waals surface area contributed by atoms with Crippen LogP contribution in [0.1, 0.15) is 50.8 Å². The van der Waals surface area contributed by atoms with Gasteiger partial charge in [0.05, 0.1) is 14.2 Å². The van der Waals surface area contributed by atoms with E-state index in [4.69, 9.17) is 14.2 Å². The van der Waals surface area contributed by atoms with Crippen molar-refractivity contribution in [2.24, 2.45) is 0 Å². The molecule has 0 unspecified atom stereocenters. The standard InChI is InChI=1S/C44H56N6O9/c1-10-21-50-28(4)43(55)47(5)34(22-29-11-16-32(57-8)17-12-29)39(51)45-26(2)41(53)49(7)36-23-30-13-18-33(19-14-30)59-38-25-31(15-20-37(38)58-9)24-35(48(6)44(36)56)40(52)46-27(3)42(50)54/h11-20,25-28,34-36H,10,21-24H2,1-9H3,(H,45,51)(H,46,52)/t26-,27+,28-,34-,35-,36-/m0/s1. The van der Waals surface area contributed by atoms with Gasteiger partial charge in [0.2, 0.25) is 35.4 Å². The number of likely N-dealkylation sites (N-methyl/N-ethyl adjacent to an activating group) is 3. The number of rotatable bonds is 6. The predicted molar refractivity (Wildman–Crippen MR) is 220 cm³/mol. The second kappa shape index (κ2) is 19.1. The number of benzene rings is 3. The molecule has 0 radical (unpaired) electrons.